The van der Waals surface area contributed by atoms with Crippen LogP contribution in [0, 0.1) is 11.6 Å². The van der Waals surface area contributed by atoms with Crippen LogP contribution >= 0.6 is 11.6 Å². The Morgan fingerprint density at radius 1 is 1.05 bits per heavy atom. The lowest BCUT2D eigenvalue weighted by molar-refractivity contribution is -0.138. The van der Waals surface area contributed by atoms with E-state index in [-0.39, 0.29) is 36.3 Å². The normalized spacial score (nSPS) is 19.4. The van der Waals surface area contributed by atoms with E-state index >= 15 is 4.39 Å². The first-order valence-electron chi connectivity index (χ1n) is 13.9. The second kappa shape index (κ2) is 13.5. The van der Waals surface area contributed by atoms with E-state index in [1.807, 2.05) is 11.8 Å². The van der Waals surface area contributed by atoms with Gasteiger partial charge in [0.1, 0.15) is 6.04 Å². The number of hydrogen-bond donors (Lipinski definition) is 2. The Hall–Kier alpha value is -3.45. The molecule has 2 aromatic rings. The number of nitrogens with zero attached hydrogens (tertiary/aromatic N) is 3. The van der Waals surface area contributed by atoms with Crippen molar-refractivity contribution < 1.29 is 36.3 Å². The van der Waals surface area contributed by atoms with E-state index < -0.39 is 47.7 Å². The molecule has 14 heteroatoms. The third kappa shape index (κ3) is 7.94. The van der Waals surface area contributed by atoms with E-state index in [0.717, 1.165) is 6.07 Å². The molecule has 0 saturated carbocycles. The van der Waals surface area contributed by atoms with E-state index in [2.05, 4.69) is 10.6 Å². The molecule has 4 rings (SSSR count). The standard InChI is InChI=1S/C29H33ClF5N5O3/c1-17-16-38(11-9-29(33,34)35)12-13-39(17)24-14-20(30)6-8-22(24)37-27(42)21-7-5-19(25(31)26(21)32)15-36-28(43)23-4-3-10-40(23)18(2)41/h5-8,14,17,23H,3-4,9-13,15-16H2,1-2H3,(H,36,43)(H,37,42)/t17-,23+/m1/s1. The summed E-state index contributed by atoms with van der Waals surface area (Å²) in [6.45, 7) is 4.25. The molecule has 0 radical (unpaired) electrons. The molecule has 2 atom stereocenters. The van der Waals surface area contributed by atoms with Gasteiger partial charge in [0, 0.05) is 62.8 Å². The monoisotopic (exact) mass is 629 g/mol. The molecular formula is C29H33ClF5N5O3. The minimum Gasteiger partial charge on any atom is -0.365 e. The third-order valence-corrected chi connectivity index (χ3v) is 8.00. The van der Waals surface area contributed by atoms with Crippen LogP contribution in [-0.4, -0.2) is 78.5 Å². The summed E-state index contributed by atoms with van der Waals surface area (Å²) in [7, 11) is 0. The predicted octanol–water partition coefficient (Wildman–Crippen LogP) is 4.96. The number of hydrogen-bond acceptors (Lipinski definition) is 5. The number of anilines is 2. The van der Waals surface area contributed by atoms with Crippen LogP contribution in [0.1, 0.15) is 49.0 Å². The van der Waals surface area contributed by atoms with Crippen LogP contribution in [0.3, 0.4) is 0 Å². The van der Waals surface area contributed by atoms with Crippen molar-refractivity contribution in [2.45, 2.75) is 57.9 Å². The van der Waals surface area contributed by atoms with Crippen molar-refractivity contribution in [2.24, 2.45) is 0 Å². The number of benzene rings is 2. The molecular weight excluding hydrogens is 597 g/mol. The Morgan fingerprint density at radius 2 is 1.79 bits per heavy atom. The van der Waals surface area contributed by atoms with Crippen LogP contribution in [-0.2, 0) is 16.1 Å². The number of carbonyl (C=O) groups excluding carboxylic acids is 3. The van der Waals surface area contributed by atoms with Crippen molar-refractivity contribution in [3.8, 4) is 0 Å². The van der Waals surface area contributed by atoms with Gasteiger partial charge in [0.15, 0.2) is 11.6 Å². The summed E-state index contributed by atoms with van der Waals surface area (Å²) >= 11 is 6.21. The zero-order valence-electron chi connectivity index (χ0n) is 23.7. The molecule has 2 heterocycles. The largest absolute Gasteiger partial charge is 0.390 e. The van der Waals surface area contributed by atoms with Crippen LogP contribution in [0.4, 0.5) is 33.3 Å². The highest BCUT2D eigenvalue weighted by Crippen LogP contribution is 2.33. The molecule has 2 N–H and O–H groups in total. The summed E-state index contributed by atoms with van der Waals surface area (Å²) in [5.41, 5.74) is 0.0412. The summed E-state index contributed by atoms with van der Waals surface area (Å²) in [4.78, 5) is 42.4. The van der Waals surface area contributed by atoms with E-state index in [1.54, 1.807) is 11.0 Å². The second-order valence-corrected chi connectivity index (χ2v) is 11.2. The topological polar surface area (TPSA) is 85.0 Å². The number of likely N-dealkylation sites (tertiary alicyclic amines) is 1. The fourth-order valence-electron chi connectivity index (χ4n) is 5.53. The maximum absolute atomic E-state index is 15.1. The van der Waals surface area contributed by atoms with Crippen molar-refractivity contribution in [3.63, 3.8) is 0 Å². The summed E-state index contributed by atoms with van der Waals surface area (Å²) < 4.78 is 68.1. The average molecular weight is 630 g/mol. The number of rotatable bonds is 8. The molecule has 2 fully saturated rings. The highest BCUT2D eigenvalue weighted by atomic mass is 35.5. The lowest BCUT2D eigenvalue weighted by Crippen LogP contribution is -2.52. The molecule has 43 heavy (non-hydrogen) atoms. The molecule has 0 unspecified atom stereocenters. The van der Waals surface area contributed by atoms with E-state index in [1.165, 1.54) is 30.0 Å². The van der Waals surface area contributed by atoms with E-state index in [4.69, 9.17) is 11.6 Å². The first kappa shape index (κ1) is 32.5. The van der Waals surface area contributed by atoms with Gasteiger partial charge in [-0.3, -0.25) is 19.3 Å². The van der Waals surface area contributed by atoms with Gasteiger partial charge in [-0.05, 0) is 44.0 Å². The molecule has 0 spiro atoms. The van der Waals surface area contributed by atoms with Crippen molar-refractivity contribution in [1.82, 2.24) is 15.1 Å². The second-order valence-electron chi connectivity index (χ2n) is 10.8. The van der Waals surface area contributed by atoms with Gasteiger partial charge in [0.05, 0.1) is 23.4 Å². The summed E-state index contributed by atoms with van der Waals surface area (Å²) in [6, 6.07) is 6.05. The molecule has 0 aliphatic carbocycles. The molecule has 3 amide bonds. The van der Waals surface area contributed by atoms with Crippen molar-refractivity contribution >= 4 is 40.7 Å². The van der Waals surface area contributed by atoms with Crippen molar-refractivity contribution in [2.75, 3.05) is 42.9 Å². The fraction of sp³-hybridized carbons (Fsp3) is 0.483. The maximum Gasteiger partial charge on any atom is 0.390 e. The van der Waals surface area contributed by atoms with Gasteiger partial charge in [-0.15, -0.1) is 0 Å². The Morgan fingerprint density at radius 3 is 2.47 bits per heavy atom. The van der Waals surface area contributed by atoms with Gasteiger partial charge in [0.2, 0.25) is 11.8 Å². The number of amides is 3. The van der Waals surface area contributed by atoms with Crippen LogP contribution < -0.4 is 15.5 Å². The van der Waals surface area contributed by atoms with Gasteiger partial charge >= 0.3 is 6.18 Å². The van der Waals surface area contributed by atoms with Crippen molar-refractivity contribution in [1.29, 1.82) is 0 Å². The molecule has 8 nitrogen and oxygen atoms in total. The van der Waals surface area contributed by atoms with Gasteiger partial charge in [-0.1, -0.05) is 17.7 Å². The molecule has 2 saturated heterocycles. The average Bonchev–Trinajstić information content (AvgIpc) is 3.44. The van der Waals surface area contributed by atoms with Crippen LogP contribution in [0.15, 0.2) is 30.3 Å². The van der Waals surface area contributed by atoms with Crippen LogP contribution in [0.5, 0.6) is 0 Å². The third-order valence-electron chi connectivity index (χ3n) is 7.76. The van der Waals surface area contributed by atoms with Gasteiger partial charge < -0.3 is 20.4 Å². The number of alkyl halides is 3. The predicted molar refractivity (Wildman–Crippen MR) is 152 cm³/mol. The molecule has 2 aliphatic rings. The minimum atomic E-state index is -4.25. The minimum absolute atomic E-state index is 0.122. The molecule has 0 aromatic heterocycles. The Bertz CT molecular complexity index is 1370. The van der Waals surface area contributed by atoms with Crippen LogP contribution in [0.2, 0.25) is 5.02 Å². The Labute approximate surface area is 251 Å². The SMILES string of the molecule is CC(=O)N1CCC[C@H]1C(=O)NCc1ccc(C(=O)Nc2ccc(Cl)cc2N2CCN(CCC(F)(F)F)C[C@H]2C)c(F)c1F. The first-order valence-corrected chi connectivity index (χ1v) is 14.3. The Balaban J connectivity index is 1.44. The number of halogens is 6. The molecule has 234 valence electrons. The Kier molecular flexibility index (Phi) is 10.2. The maximum atomic E-state index is 15.1. The summed E-state index contributed by atoms with van der Waals surface area (Å²) in [6.07, 6.45) is -4.03. The summed E-state index contributed by atoms with van der Waals surface area (Å²) in [5, 5.41) is 5.49. The highest BCUT2D eigenvalue weighted by Gasteiger charge is 2.33. The lowest BCUT2D eigenvalue weighted by Gasteiger charge is -2.42. The fourth-order valence-corrected chi connectivity index (χ4v) is 5.70. The van der Waals surface area contributed by atoms with Gasteiger partial charge in [0.25, 0.3) is 5.91 Å². The summed E-state index contributed by atoms with van der Waals surface area (Å²) in [5.74, 6) is -4.32. The van der Waals surface area contributed by atoms with Crippen molar-refractivity contribution in [3.05, 3.63) is 58.1 Å². The highest BCUT2D eigenvalue weighted by molar-refractivity contribution is 6.31. The number of nitrogens with one attached hydrogen (secondary N) is 2. The number of carbonyl (C=O) groups is 3. The zero-order valence-corrected chi connectivity index (χ0v) is 24.5. The quantitative estimate of drug-likeness (QED) is 0.404. The zero-order chi connectivity index (χ0) is 31.5. The van der Waals surface area contributed by atoms with Gasteiger partial charge in [-0.25, -0.2) is 8.78 Å². The van der Waals surface area contributed by atoms with Gasteiger partial charge in [-0.2, -0.15) is 13.2 Å². The van der Waals surface area contributed by atoms with E-state index in [9.17, 15) is 31.9 Å². The smallest absolute Gasteiger partial charge is 0.365 e. The lowest BCUT2D eigenvalue weighted by atomic mass is 10.1. The van der Waals surface area contributed by atoms with E-state index in [0.29, 0.717) is 49.7 Å². The first-order chi connectivity index (χ1) is 20.2. The molecule has 0 bridgehead atoms. The van der Waals surface area contributed by atoms with Crippen LogP contribution in [0.25, 0.3) is 0 Å². The molecule has 2 aliphatic heterocycles. The number of piperazine rings is 1. The molecule has 2 aromatic carbocycles.